The molecular formula is C14H8ClFNO2. The van der Waals surface area contributed by atoms with Crippen molar-refractivity contribution in [2.24, 2.45) is 0 Å². The highest BCUT2D eigenvalue weighted by Crippen LogP contribution is 2.34. The van der Waals surface area contributed by atoms with Gasteiger partial charge in [-0.15, -0.1) is 0 Å². The molecule has 0 aliphatic heterocycles. The quantitative estimate of drug-likeness (QED) is 0.852. The van der Waals surface area contributed by atoms with Crippen molar-refractivity contribution in [3.8, 4) is 23.3 Å². The van der Waals surface area contributed by atoms with Gasteiger partial charge in [0, 0.05) is 11.1 Å². The SMILES string of the molecule is COc1cc[c]c(F)c1Oc1cc(Cl)cc(C#N)c1. The first kappa shape index (κ1) is 13.2. The molecule has 0 unspecified atom stereocenters. The molecule has 0 atom stereocenters. The van der Waals surface area contributed by atoms with Gasteiger partial charge in [0.15, 0.2) is 11.6 Å². The Morgan fingerprint density at radius 2 is 2.16 bits per heavy atom. The van der Waals surface area contributed by atoms with Crippen LogP contribution in [0, 0.1) is 23.2 Å². The Morgan fingerprint density at radius 1 is 1.37 bits per heavy atom. The van der Waals surface area contributed by atoms with Gasteiger partial charge in [-0.3, -0.25) is 0 Å². The molecule has 2 aromatic rings. The van der Waals surface area contributed by atoms with Crippen molar-refractivity contribution in [1.82, 2.24) is 0 Å². The van der Waals surface area contributed by atoms with E-state index >= 15 is 0 Å². The zero-order valence-corrected chi connectivity index (χ0v) is 10.7. The Kier molecular flexibility index (Phi) is 3.88. The third-order valence-corrected chi connectivity index (χ3v) is 2.53. The second-order valence-electron chi connectivity index (χ2n) is 3.58. The van der Waals surface area contributed by atoms with Gasteiger partial charge in [0.25, 0.3) is 0 Å². The minimum absolute atomic E-state index is 0.101. The van der Waals surface area contributed by atoms with Crippen LogP contribution in [0.4, 0.5) is 4.39 Å². The number of ether oxygens (including phenoxy) is 2. The predicted octanol–water partition coefficient (Wildman–Crippen LogP) is 3.95. The first-order chi connectivity index (χ1) is 9.13. The zero-order chi connectivity index (χ0) is 13.8. The second-order valence-corrected chi connectivity index (χ2v) is 4.02. The van der Waals surface area contributed by atoms with E-state index in [4.69, 9.17) is 26.3 Å². The molecule has 0 aliphatic carbocycles. The number of nitriles is 1. The molecule has 2 rings (SSSR count). The van der Waals surface area contributed by atoms with Crippen molar-refractivity contribution >= 4 is 11.6 Å². The van der Waals surface area contributed by atoms with Gasteiger partial charge in [-0.25, -0.2) is 4.39 Å². The lowest BCUT2D eigenvalue weighted by Gasteiger charge is -2.11. The summed E-state index contributed by atoms with van der Waals surface area (Å²) in [7, 11) is 1.40. The summed E-state index contributed by atoms with van der Waals surface area (Å²) in [5.41, 5.74) is 0.321. The molecule has 2 aromatic carbocycles. The summed E-state index contributed by atoms with van der Waals surface area (Å²) in [4.78, 5) is 0. The van der Waals surface area contributed by atoms with E-state index in [1.54, 1.807) is 0 Å². The fourth-order valence-corrected chi connectivity index (χ4v) is 1.72. The Balaban J connectivity index is 2.42. The van der Waals surface area contributed by atoms with Gasteiger partial charge in [-0.1, -0.05) is 11.6 Å². The molecule has 0 bridgehead atoms. The maximum absolute atomic E-state index is 13.6. The van der Waals surface area contributed by atoms with E-state index in [-0.39, 0.29) is 17.2 Å². The first-order valence-corrected chi connectivity index (χ1v) is 5.64. The Morgan fingerprint density at radius 3 is 2.84 bits per heavy atom. The molecule has 0 saturated heterocycles. The average Bonchev–Trinajstić information content (AvgIpc) is 2.40. The van der Waals surface area contributed by atoms with Crippen molar-refractivity contribution in [3.05, 3.63) is 52.8 Å². The average molecular weight is 277 g/mol. The number of methoxy groups -OCH3 is 1. The normalized spacial score (nSPS) is 9.79. The number of hydrogen-bond acceptors (Lipinski definition) is 3. The summed E-state index contributed by atoms with van der Waals surface area (Å²) >= 11 is 5.84. The summed E-state index contributed by atoms with van der Waals surface area (Å²) < 4.78 is 24.0. The Hall–Kier alpha value is -2.25. The van der Waals surface area contributed by atoms with Gasteiger partial charge >= 0.3 is 0 Å². The van der Waals surface area contributed by atoms with Crippen LogP contribution in [-0.4, -0.2) is 7.11 Å². The van der Waals surface area contributed by atoms with Crippen LogP contribution in [0.3, 0.4) is 0 Å². The Labute approximate surface area is 114 Å². The van der Waals surface area contributed by atoms with Crippen molar-refractivity contribution in [2.45, 2.75) is 0 Å². The van der Waals surface area contributed by atoms with Crippen LogP contribution in [0.5, 0.6) is 17.2 Å². The van der Waals surface area contributed by atoms with Crippen LogP contribution < -0.4 is 9.47 Å². The Bertz CT molecular complexity index is 652. The van der Waals surface area contributed by atoms with Crippen LogP contribution in [0.25, 0.3) is 0 Å². The highest BCUT2D eigenvalue weighted by molar-refractivity contribution is 6.30. The lowest BCUT2D eigenvalue weighted by molar-refractivity contribution is 0.364. The standard InChI is InChI=1S/C14H8ClFNO2/c1-18-13-4-2-3-12(16)14(13)19-11-6-9(8-17)5-10(15)7-11/h2,4-7H,1H3. The molecule has 3 nitrogen and oxygen atoms in total. The molecule has 0 fully saturated rings. The van der Waals surface area contributed by atoms with Gasteiger partial charge in [0.05, 0.1) is 18.7 Å². The van der Waals surface area contributed by atoms with Crippen molar-refractivity contribution in [2.75, 3.05) is 7.11 Å². The largest absolute Gasteiger partial charge is 0.493 e. The lowest BCUT2D eigenvalue weighted by Crippen LogP contribution is -1.94. The third-order valence-electron chi connectivity index (χ3n) is 2.31. The van der Waals surface area contributed by atoms with E-state index < -0.39 is 5.82 Å². The monoisotopic (exact) mass is 276 g/mol. The fraction of sp³-hybridized carbons (Fsp3) is 0.0714. The molecular weight excluding hydrogens is 269 g/mol. The van der Waals surface area contributed by atoms with E-state index in [1.165, 1.54) is 37.4 Å². The lowest BCUT2D eigenvalue weighted by atomic mass is 10.2. The molecule has 0 aromatic heterocycles. The van der Waals surface area contributed by atoms with E-state index in [9.17, 15) is 4.39 Å². The number of halogens is 2. The van der Waals surface area contributed by atoms with Gasteiger partial charge in [-0.05, 0) is 30.3 Å². The van der Waals surface area contributed by atoms with Gasteiger partial charge in [-0.2, -0.15) is 5.26 Å². The van der Waals surface area contributed by atoms with Gasteiger partial charge in [0.2, 0.25) is 5.75 Å². The topological polar surface area (TPSA) is 42.2 Å². The second kappa shape index (κ2) is 5.59. The van der Waals surface area contributed by atoms with Gasteiger partial charge in [0.1, 0.15) is 5.75 Å². The van der Waals surface area contributed by atoms with Crippen LogP contribution >= 0.6 is 11.6 Å². The van der Waals surface area contributed by atoms with Gasteiger partial charge < -0.3 is 9.47 Å². The van der Waals surface area contributed by atoms with E-state index in [0.717, 1.165) is 0 Å². The highest BCUT2D eigenvalue weighted by atomic mass is 35.5. The molecule has 0 saturated carbocycles. The maximum Gasteiger partial charge on any atom is 0.205 e. The zero-order valence-electron chi connectivity index (χ0n) is 9.91. The highest BCUT2D eigenvalue weighted by Gasteiger charge is 2.12. The smallest absolute Gasteiger partial charge is 0.205 e. The molecule has 5 heteroatoms. The molecule has 1 radical (unpaired) electrons. The molecule has 19 heavy (non-hydrogen) atoms. The molecule has 95 valence electrons. The van der Waals surface area contributed by atoms with Crippen LogP contribution in [0.15, 0.2) is 30.3 Å². The molecule has 0 spiro atoms. The first-order valence-electron chi connectivity index (χ1n) is 5.26. The molecule has 0 heterocycles. The van der Waals surface area contributed by atoms with E-state index in [1.807, 2.05) is 6.07 Å². The minimum atomic E-state index is -0.683. The summed E-state index contributed by atoms with van der Waals surface area (Å²) in [6.07, 6.45) is 0. The maximum atomic E-state index is 13.6. The molecule has 0 aliphatic rings. The molecule has 0 amide bonds. The number of rotatable bonds is 3. The minimum Gasteiger partial charge on any atom is -0.493 e. The van der Waals surface area contributed by atoms with Crippen molar-refractivity contribution < 1.29 is 13.9 Å². The number of benzene rings is 2. The summed E-state index contributed by atoms with van der Waals surface area (Å²) in [6.45, 7) is 0. The van der Waals surface area contributed by atoms with Crippen molar-refractivity contribution in [3.63, 3.8) is 0 Å². The van der Waals surface area contributed by atoms with Crippen LogP contribution in [0.1, 0.15) is 5.56 Å². The number of nitrogens with zero attached hydrogens (tertiary/aromatic N) is 1. The molecule has 0 N–H and O–H groups in total. The fourth-order valence-electron chi connectivity index (χ4n) is 1.50. The summed E-state index contributed by atoms with van der Waals surface area (Å²) in [6, 6.07) is 11.6. The van der Waals surface area contributed by atoms with Crippen LogP contribution in [-0.2, 0) is 0 Å². The third kappa shape index (κ3) is 2.95. The van der Waals surface area contributed by atoms with Crippen molar-refractivity contribution in [1.29, 1.82) is 5.26 Å². The van der Waals surface area contributed by atoms with E-state index in [2.05, 4.69) is 6.07 Å². The predicted molar refractivity (Wildman–Crippen MR) is 68.0 cm³/mol. The summed E-state index contributed by atoms with van der Waals surface area (Å²) in [5.74, 6) is -0.301. The van der Waals surface area contributed by atoms with E-state index in [0.29, 0.717) is 10.6 Å². The summed E-state index contributed by atoms with van der Waals surface area (Å²) in [5, 5.41) is 9.17. The van der Waals surface area contributed by atoms with Crippen LogP contribution in [0.2, 0.25) is 5.02 Å². The number of hydrogen-bond donors (Lipinski definition) is 0.